The normalized spacial score (nSPS) is 22.7. The van der Waals surface area contributed by atoms with Gasteiger partial charge in [-0.05, 0) is 30.7 Å². The molecule has 5 rings (SSSR count). The molecule has 2 atom stereocenters. The van der Waals surface area contributed by atoms with Crippen molar-refractivity contribution in [2.75, 3.05) is 42.3 Å². The molecule has 0 unspecified atom stereocenters. The minimum absolute atomic E-state index is 0.0262. The van der Waals surface area contributed by atoms with E-state index >= 15 is 0 Å². The zero-order chi connectivity index (χ0) is 22.5. The zero-order valence-electron chi connectivity index (χ0n) is 18.4. The molecule has 3 heterocycles. The number of aromatic nitrogens is 1. The highest BCUT2D eigenvalue weighted by molar-refractivity contribution is 7.91. The number of benzene rings is 2. The molecule has 2 aliphatic heterocycles. The van der Waals surface area contributed by atoms with Gasteiger partial charge in [0.05, 0.1) is 28.3 Å². The summed E-state index contributed by atoms with van der Waals surface area (Å²) in [7, 11) is -1.63. The molecule has 0 bridgehead atoms. The molecule has 3 aromatic rings. The Kier molecular flexibility index (Phi) is 5.31. The lowest BCUT2D eigenvalue weighted by Crippen LogP contribution is -2.34. The van der Waals surface area contributed by atoms with E-state index in [0.29, 0.717) is 31.1 Å². The summed E-state index contributed by atoms with van der Waals surface area (Å²) in [4.78, 5) is 9.68. The fourth-order valence-electron chi connectivity index (χ4n) is 4.74. The van der Waals surface area contributed by atoms with Gasteiger partial charge < -0.3 is 20.3 Å². The van der Waals surface area contributed by atoms with Gasteiger partial charge in [-0.3, -0.25) is 0 Å². The van der Waals surface area contributed by atoms with Crippen molar-refractivity contribution in [3.8, 4) is 0 Å². The number of fused-ring (bicyclic) bond motifs is 2. The van der Waals surface area contributed by atoms with Gasteiger partial charge in [-0.2, -0.15) is 0 Å². The largest absolute Gasteiger partial charge is 0.378 e. The van der Waals surface area contributed by atoms with E-state index in [2.05, 4.69) is 34.9 Å². The Morgan fingerprint density at radius 3 is 2.69 bits per heavy atom. The van der Waals surface area contributed by atoms with Crippen LogP contribution in [0, 0.1) is 6.92 Å². The highest BCUT2D eigenvalue weighted by Gasteiger charge is 2.32. The van der Waals surface area contributed by atoms with Crippen molar-refractivity contribution in [1.82, 2.24) is 4.98 Å². The summed E-state index contributed by atoms with van der Waals surface area (Å²) in [5.41, 5.74) is 10.2. The summed E-state index contributed by atoms with van der Waals surface area (Å²) < 4.78 is 31.2. The number of anilines is 2. The average Bonchev–Trinajstić information content (AvgIpc) is 3.09. The fraction of sp³-hybridized carbons (Fsp3) is 0.375. The van der Waals surface area contributed by atoms with E-state index in [0.717, 1.165) is 33.5 Å². The summed E-state index contributed by atoms with van der Waals surface area (Å²) in [6, 6.07) is 15.5. The third kappa shape index (κ3) is 3.72. The van der Waals surface area contributed by atoms with Crippen LogP contribution in [0.25, 0.3) is 10.9 Å². The quantitative estimate of drug-likeness (QED) is 0.653. The van der Waals surface area contributed by atoms with E-state index in [1.165, 1.54) is 0 Å². The highest BCUT2D eigenvalue weighted by atomic mass is 32.2. The van der Waals surface area contributed by atoms with Crippen LogP contribution < -0.4 is 15.5 Å². The molecule has 1 fully saturated rings. The van der Waals surface area contributed by atoms with Crippen molar-refractivity contribution >= 4 is 32.2 Å². The molecule has 0 amide bonds. The van der Waals surface area contributed by atoms with E-state index < -0.39 is 9.84 Å². The van der Waals surface area contributed by atoms with Gasteiger partial charge in [-0.15, -0.1) is 0 Å². The van der Waals surface area contributed by atoms with Crippen LogP contribution >= 0.6 is 0 Å². The SMILES string of the molecule is CO[C@@H]1CN(c2cc(N3CCS(=O)(=O)c4ccccc4C3)nc3ccc(C)cc23)C[C@H]1N. The van der Waals surface area contributed by atoms with E-state index in [-0.39, 0.29) is 17.9 Å². The first-order chi connectivity index (χ1) is 15.4. The van der Waals surface area contributed by atoms with E-state index in [1.54, 1.807) is 19.2 Å². The molecule has 2 aromatic carbocycles. The second kappa shape index (κ2) is 8.03. The second-order valence-electron chi connectivity index (χ2n) is 8.71. The number of pyridine rings is 1. The van der Waals surface area contributed by atoms with E-state index in [9.17, 15) is 8.42 Å². The van der Waals surface area contributed by atoms with E-state index in [4.69, 9.17) is 15.5 Å². The fourth-order valence-corrected chi connectivity index (χ4v) is 6.23. The van der Waals surface area contributed by atoms with Crippen LogP contribution in [-0.4, -0.2) is 58.0 Å². The molecule has 0 saturated carbocycles. The van der Waals surface area contributed by atoms with Crippen LogP contribution in [0.1, 0.15) is 11.1 Å². The summed E-state index contributed by atoms with van der Waals surface area (Å²) in [6.45, 7) is 4.37. The molecule has 0 aliphatic carbocycles. The Bertz CT molecular complexity index is 1280. The molecule has 168 valence electrons. The van der Waals surface area contributed by atoms with Crippen molar-refractivity contribution in [3.63, 3.8) is 0 Å². The van der Waals surface area contributed by atoms with Crippen molar-refractivity contribution in [3.05, 3.63) is 59.7 Å². The maximum Gasteiger partial charge on any atom is 0.180 e. The number of sulfone groups is 1. The molecule has 8 heteroatoms. The Morgan fingerprint density at radius 1 is 1.09 bits per heavy atom. The minimum atomic E-state index is -3.32. The Balaban J connectivity index is 1.60. The first-order valence-corrected chi connectivity index (χ1v) is 12.5. The van der Waals surface area contributed by atoms with Crippen LogP contribution in [0.4, 0.5) is 11.5 Å². The number of hydrogen-bond acceptors (Lipinski definition) is 7. The lowest BCUT2D eigenvalue weighted by molar-refractivity contribution is 0.108. The summed E-state index contributed by atoms with van der Waals surface area (Å²) in [5.74, 6) is 0.838. The van der Waals surface area contributed by atoms with Crippen molar-refractivity contribution in [2.45, 2.75) is 30.5 Å². The monoisotopic (exact) mass is 452 g/mol. The Labute approximate surface area is 188 Å². The van der Waals surface area contributed by atoms with Crippen LogP contribution in [0.2, 0.25) is 0 Å². The molecule has 0 radical (unpaired) electrons. The van der Waals surface area contributed by atoms with Gasteiger partial charge in [0.1, 0.15) is 5.82 Å². The van der Waals surface area contributed by atoms with Gasteiger partial charge in [-0.25, -0.2) is 13.4 Å². The maximum absolute atomic E-state index is 12.8. The number of nitrogens with two attached hydrogens (primary N) is 1. The van der Waals surface area contributed by atoms with Gasteiger partial charge >= 0.3 is 0 Å². The van der Waals surface area contributed by atoms with Crippen LogP contribution in [0.5, 0.6) is 0 Å². The topological polar surface area (TPSA) is 88.8 Å². The molecule has 1 saturated heterocycles. The number of nitrogens with zero attached hydrogens (tertiary/aromatic N) is 3. The van der Waals surface area contributed by atoms with Gasteiger partial charge in [0.2, 0.25) is 0 Å². The number of methoxy groups -OCH3 is 1. The van der Waals surface area contributed by atoms with Gasteiger partial charge in [0.25, 0.3) is 0 Å². The molecule has 2 N–H and O–H groups in total. The summed E-state index contributed by atoms with van der Waals surface area (Å²) in [6.07, 6.45) is -0.0262. The van der Waals surface area contributed by atoms with E-state index in [1.807, 2.05) is 18.2 Å². The standard InChI is InChI=1S/C24H28N4O3S/c1-16-7-8-20-18(11-16)21(28-14-19(25)22(15-28)31-2)12-24(26-20)27-9-10-32(29,30)23-6-4-3-5-17(23)13-27/h3-8,11-12,19,22H,9-10,13-15,25H2,1-2H3/t19-,22-/m1/s1. The average molecular weight is 453 g/mol. The Morgan fingerprint density at radius 2 is 1.91 bits per heavy atom. The van der Waals surface area contributed by atoms with Gasteiger partial charge in [0.15, 0.2) is 9.84 Å². The predicted octanol–water partition coefficient (Wildman–Crippen LogP) is 2.50. The molecular weight excluding hydrogens is 424 g/mol. The van der Waals surface area contributed by atoms with Crippen molar-refractivity contribution in [1.29, 1.82) is 0 Å². The predicted molar refractivity (Wildman–Crippen MR) is 127 cm³/mol. The number of rotatable bonds is 3. The number of aryl methyl sites for hydroxylation is 1. The summed E-state index contributed by atoms with van der Waals surface area (Å²) >= 11 is 0. The van der Waals surface area contributed by atoms with Gasteiger partial charge in [-0.1, -0.05) is 29.8 Å². The lowest BCUT2D eigenvalue weighted by atomic mass is 10.1. The van der Waals surface area contributed by atoms with Crippen molar-refractivity contribution in [2.24, 2.45) is 5.73 Å². The third-order valence-corrected chi connectivity index (χ3v) is 8.29. The van der Waals surface area contributed by atoms with Gasteiger partial charge in [0, 0.05) is 50.4 Å². The Hall–Kier alpha value is -2.68. The van der Waals surface area contributed by atoms with Crippen LogP contribution in [0.15, 0.2) is 53.4 Å². The molecule has 0 spiro atoms. The molecule has 32 heavy (non-hydrogen) atoms. The van der Waals surface area contributed by atoms with Crippen LogP contribution in [0.3, 0.4) is 0 Å². The molecule has 1 aromatic heterocycles. The molecular formula is C24H28N4O3S. The number of ether oxygens (including phenoxy) is 1. The third-order valence-electron chi connectivity index (χ3n) is 6.50. The molecule has 2 aliphatic rings. The minimum Gasteiger partial charge on any atom is -0.378 e. The highest BCUT2D eigenvalue weighted by Crippen LogP contribution is 2.34. The lowest BCUT2D eigenvalue weighted by Gasteiger charge is -2.26. The second-order valence-corrected chi connectivity index (χ2v) is 10.8. The van der Waals surface area contributed by atoms with Crippen molar-refractivity contribution < 1.29 is 13.2 Å². The number of hydrogen-bond donors (Lipinski definition) is 1. The maximum atomic E-state index is 12.8. The summed E-state index contributed by atoms with van der Waals surface area (Å²) in [5, 5.41) is 1.07. The first kappa shape index (κ1) is 21.2. The zero-order valence-corrected chi connectivity index (χ0v) is 19.2. The van der Waals surface area contributed by atoms with Crippen LogP contribution in [-0.2, 0) is 21.1 Å². The molecule has 7 nitrogen and oxygen atoms in total. The first-order valence-electron chi connectivity index (χ1n) is 10.9. The smallest absolute Gasteiger partial charge is 0.180 e.